The Bertz CT molecular complexity index is 1000. The summed E-state index contributed by atoms with van der Waals surface area (Å²) in [5.41, 5.74) is 0. The first-order valence-corrected chi connectivity index (χ1v) is 11.5. The molecule has 1 amide bonds. The van der Waals surface area contributed by atoms with Gasteiger partial charge >= 0.3 is 5.97 Å². The van der Waals surface area contributed by atoms with Crippen LogP contribution in [0.1, 0.15) is 32.1 Å². The van der Waals surface area contributed by atoms with Gasteiger partial charge in [0.25, 0.3) is 11.8 Å². The zero-order valence-corrected chi connectivity index (χ0v) is 19.5. The van der Waals surface area contributed by atoms with Gasteiger partial charge in [0.15, 0.2) is 6.61 Å². The van der Waals surface area contributed by atoms with E-state index in [-0.39, 0.29) is 25.5 Å². The van der Waals surface area contributed by atoms with Gasteiger partial charge in [0, 0.05) is 13.0 Å². The van der Waals surface area contributed by atoms with Crippen LogP contribution in [0, 0.1) is 0 Å². The number of thiophene rings is 1. The van der Waals surface area contributed by atoms with E-state index in [4.69, 9.17) is 18.6 Å². The van der Waals surface area contributed by atoms with Crippen LogP contribution in [0.3, 0.4) is 0 Å². The zero-order valence-electron chi connectivity index (χ0n) is 18.7. The molecule has 0 fully saturated rings. The fourth-order valence-corrected chi connectivity index (χ4v) is 3.57. The van der Waals surface area contributed by atoms with Gasteiger partial charge in [-0.2, -0.15) is 0 Å². The van der Waals surface area contributed by atoms with Crippen molar-refractivity contribution in [2.45, 2.75) is 32.7 Å². The second kappa shape index (κ2) is 12.6. The summed E-state index contributed by atoms with van der Waals surface area (Å²) in [5.74, 6) is 1.44. The number of carbonyl (C=O) groups is 2. The highest BCUT2D eigenvalue weighted by Crippen LogP contribution is 2.23. The maximum absolute atomic E-state index is 12.6. The number of rotatable bonds is 13. The lowest BCUT2D eigenvalue weighted by molar-refractivity contribution is -0.152. The van der Waals surface area contributed by atoms with Crippen LogP contribution < -0.4 is 9.47 Å². The summed E-state index contributed by atoms with van der Waals surface area (Å²) < 4.78 is 21.5. The summed E-state index contributed by atoms with van der Waals surface area (Å²) in [7, 11) is 1.60. The van der Waals surface area contributed by atoms with Crippen LogP contribution in [0.25, 0.3) is 10.8 Å². The molecule has 0 saturated heterocycles. The largest absolute Gasteiger partial charge is 0.497 e. The van der Waals surface area contributed by atoms with E-state index < -0.39 is 5.97 Å². The summed E-state index contributed by atoms with van der Waals surface area (Å²) in [6.07, 6.45) is 1.38. The predicted molar refractivity (Wildman–Crippen MR) is 122 cm³/mol. The molecule has 0 aliphatic carbocycles. The molecule has 0 spiro atoms. The average Bonchev–Trinajstić information content (AvgIpc) is 3.52. The predicted octanol–water partition coefficient (Wildman–Crippen LogP) is 3.95. The molecule has 2 aromatic heterocycles. The van der Waals surface area contributed by atoms with Gasteiger partial charge < -0.3 is 23.5 Å². The molecule has 0 unspecified atom stereocenters. The summed E-state index contributed by atoms with van der Waals surface area (Å²) in [6, 6.07) is 11.0. The normalized spacial score (nSPS) is 10.6. The van der Waals surface area contributed by atoms with E-state index in [0.717, 1.165) is 17.0 Å². The molecule has 2 heterocycles. The van der Waals surface area contributed by atoms with Crippen LogP contribution in [0.2, 0.25) is 0 Å². The maximum atomic E-state index is 12.6. The standard InChI is InChI=1S/C23H27N3O6S/c1-3-12-26(15-20-24-25-23(32-20)19-6-5-14-33-19)21(27)16-31-22(28)7-4-13-30-18-10-8-17(29-2)9-11-18/h5-6,8-11,14H,3-4,7,12-13,15-16H2,1-2H3. The van der Waals surface area contributed by atoms with Crippen molar-refractivity contribution in [3.05, 3.63) is 47.7 Å². The number of methoxy groups -OCH3 is 1. The van der Waals surface area contributed by atoms with Crippen LogP contribution in [0.4, 0.5) is 0 Å². The fraction of sp³-hybridized carbons (Fsp3) is 0.391. The first kappa shape index (κ1) is 24.2. The van der Waals surface area contributed by atoms with E-state index in [0.29, 0.717) is 37.1 Å². The van der Waals surface area contributed by atoms with E-state index >= 15 is 0 Å². The minimum absolute atomic E-state index is 0.158. The van der Waals surface area contributed by atoms with Gasteiger partial charge in [0.2, 0.25) is 5.89 Å². The van der Waals surface area contributed by atoms with E-state index in [1.807, 2.05) is 24.4 Å². The van der Waals surface area contributed by atoms with Crippen molar-refractivity contribution < 1.29 is 28.2 Å². The highest BCUT2D eigenvalue weighted by atomic mass is 32.1. The van der Waals surface area contributed by atoms with Crippen molar-refractivity contribution in [3.63, 3.8) is 0 Å². The lowest BCUT2D eigenvalue weighted by Gasteiger charge is -2.20. The van der Waals surface area contributed by atoms with Crippen molar-refractivity contribution in [3.8, 4) is 22.3 Å². The Morgan fingerprint density at radius 1 is 1.12 bits per heavy atom. The van der Waals surface area contributed by atoms with E-state index in [2.05, 4.69) is 10.2 Å². The Balaban J connectivity index is 1.39. The molecule has 0 radical (unpaired) electrons. The number of amides is 1. The molecular formula is C23H27N3O6S. The number of hydrogen-bond acceptors (Lipinski definition) is 9. The lowest BCUT2D eigenvalue weighted by atomic mass is 10.3. The molecule has 0 atom stereocenters. The van der Waals surface area contributed by atoms with Crippen LogP contribution in [0.5, 0.6) is 11.5 Å². The number of carbonyl (C=O) groups excluding carboxylic acids is 2. The number of ether oxygens (including phenoxy) is 3. The monoisotopic (exact) mass is 473 g/mol. The summed E-state index contributed by atoms with van der Waals surface area (Å²) in [4.78, 5) is 27.0. The van der Waals surface area contributed by atoms with Crippen LogP contribution in [0.15, 0.2) is 46.2 Å². The van der Waals surface area contributed by atoms with Gasteiger partial charge in [0.05, 0.1) is 25.1 Å². The third kappa shape index (κ3) is 7.60. The Kier molecular flexibility index (Phi) is 9.25. The number of hydrogen-bond donors (Lipinski definition) is 0. The van der Waals surface area contributed by atoms with Crippen LogP contribution >= 0.6 is 11.3 Å². The van der Waals surface area contributed by atoms with E-state index in [1.54, 1.807) is 36.3 Å². The molecule has 0 bridgehead atoms. The number of esters is 1. The molecule has 3 rings (SSSR count). The van der Waals surface area contributed by atoms with Gasteiger partial charge in [-0.15, -0.1) is 21.5 Å². The third-order valence-corrected chi connectivity index (χ3v) is 5.44. The molecule has 0 N–H and O–H groups in total. The zero-order chi connectivity index (χ0) is 23.5. The fourth-order valence-electron chi connectivity index (χ4n) is 2.93. The maximum Gasteiger partial charge on any atom is 0.306 e. The first-order chi connectivity index (χ1) is 16.1. The first-order valence-electron chi connectivity index (χ1n) is 10.7. The molecule has 10 heteroatoms. The van der Waals surface area contributed by atoms with Gasteiger partial charge in [-0.25, -0.2) is 0 Å². The topological polar surface area (TPSA) is 104 Å². The Hall–Kier alpha value is -3.40. The summed E-state index contributed by atoms with van der Waals surface area (Å²) in [6.45, 7) is 2.65. The Morgan fingerprint density at radius 2 is 1.91 bits per heavy atom. The van der Waals surface area contributed by atoms with Crippen LogP contribution in [-0.4, -0.2) is 53.8 Å². The summed E-state index contributed by atoms with van der Waals surface area (Å²) >= 11 is 1.50. The SMILES string of the molecule is CCCN(Cc1nnc(-c2cccs2)o1)C(=O)COC(=O)CCCOc1ccc(OC)cc1. The lowest BCUT2D eigenvalue weighted by Crippen LogP contribution is -2.35. The number of aromatic nitrogens is 2. The second-order valence-corrected chi connectivity index (χ2v) is 8.03. The van der Waals surface area contributed by atoms with Crippen LogP contribution in [-0.2, 0) is 20.9 Å². The van der Waals surface area contributed by atoms with Crippen molar-refractivity contribution in [2.24, 2.45) is 0 Å². The molecule has 0 saturated carbocycles. The van der Waals surface area contributed by atoms with Gasteiger partial charge in [-0.1, -0.05) is 13.0 Å². The third-order valence-electron chi connectivity index (χ3n) is 4.58. The molecule has 176 valence electrons. The van der Waals surface area contributed by atoms with Crippen molar-refractivity contribution in [1.82, 2.24) is 15.1 Å². The Morgan fingerprint density at radius 3 is 2.61 bits per heavy atom. The smallest absolute Gasteiger partial charge is 0.306 e. The molecule has 9 nitrogen and oxygen atoms in total. The van der Waals surface area contributed by atoms with E-state index in [1.165, 1.54) is 11.3 Å². The van der Waals surface area contributed by atoms with Crippen molar-refractivity contribution in [2.75, 3.05) is 26.9 Å². The average molecular weight is 474 g/mol. The van der Waals surface area contributed by atoms with Gasteiger partial charge in [-0.05, 0) is 48.6 Å². The highest BCUT2D eigenvalue weighted by molar-refractivity contribution is 7.13. The quantitative estimate of drug-likeness (QED) is 0.272. The number of nitrogens with zero attached hydrogens (tertiary/aromatic N) is 3. The molecule has 1 aromatic carbocycles. The number of benzene rings is 1. The van der Waals surface area contributed by atoms with Crippen molar-refractivity contribution >= 4 is 23.2 Å². The molecule has 33 heavy (non-hydrogen) atoms. The van der Waals surface area contributed by atoms with Gasteiger partial charge in [-0.3, -0.25) is 9.59 Å². The van der Waals surface area contributed by atoms with Crippen molar-refractivity contribution in [1.29, 1.82) is 0 Å². The second-order valence-electron chi connectivity index (χ2n) is 7.08. The summed E-state index contributed by atoms with van der Waals surface area (Å²) in [5, 5.41) is 9.98. The molecular weight excluding hydrogens is 446 g/mol. The Labute approximate surface area is 196 Å². The molecule has 3 aromatic rings. The van der Waals surface area contributed by atoms with Gasteiger partial charge in [0.1, 0.15) is 11.5 Å². The van der Waals surface area contributed by atoms with E-state index in [9.17, 15) is 9.59 Å². The highest BCUT2D eigenvalue weighted by Gasteiger charge is 2.19. The molecule has 0 aliphatic rings. The minimum Gasteiger partial charge on any atom is -0.497 e. The molecule has 0 aliphatic heterocycles. The minimum atomic E-state index is -0.448.